The summed E-state index contributed by atoms with van der Waals surface area (Å²) in [5.41, 5.74) is 4.39. The van der Waals surface area contributed by atoms with Gasteiger partial charge in [-0.25, -0.2) is 9.97 Å². The summed E-state index contributed by atoms with van der Waals surface area (Å²) in [5, 5.41) is 0. The molecule has 132 valence electrons. The van der Waals surface area contributed by atoms with Crippen LogP contribution < -0.4 is 4.90 Å². The Morgan fingerprint density at radius 1 is 1.08 bits per heavy atom. The third-order valence-corrected chi connectivity index (χ3v) is 4.94. The first-order valence-corrected chi connectivity index (χ1v) is 9.17. The van der Waals surface area contributed by atoms with E-state index in [0.717, 1.165) is 42.3 Å². The molecule has 0 saturated carbocycles. The van der Waals surface area contributed by atoms with Crippen LogP contribution in [0.25, 0.3) is 11.3 Å². The lowest BCUT2D eigenvalue weighted by Gasteiger charge is -2.33. The molecule has 1 aliphatic heterocycles. The molecule has 3 aromatic rings. The number of pyridine rings is 2. The maximum Gasteiger partial charge on any atom is 0.225 e. The van der Waals surface area contributed by atoms with Crippen LogP contribution in [0.5, 0.6) is 0 Å². The van der Waals surface area contributed by atoms with Gasteiger partial charge in [0.05, 0.1) is 5.69 Å². The van der Waals surface area contributed by atoms with E-state index in [2.05, 4.69) is 25.9 Å². The number of rotatable bonds is 4. The molecule has 0 bridgehead atoms. The van der Waals surface area contributed by atoms with Crippen molar-refractivity contribution in [1.82, 2.24) is 19.9 Å². The van der Waals surface area contributed by atoms with Crippen LogP contribution in [0.4, 0.5) is 5.95 Å². The standard InChI is InChI=1S/C21H23N5/c1-16-12-24-21(25-20(16)19-7-3-9-23-14-19)26-10-4-6-18(15-26)11-17-5-2-8-22-13-17/h2-3,5,7-9,12-14,18H,4,6,10-11,15H2,1H3. The fourth-order valence-corrected chi connectivity index (χ4v) is 3.65. The van der Waals surface area contributed by atoms with Crippen LogP contribution in [0.2, 0.25) is 0 Å². The molecule has 5 heteroatoms. The lowest BCUT2D eigenvalue weighted by Crippen LogP contribution is -2.37. The lowest BCUT2D eigenvalue weighted by atomic mass is 9.92. The van der Waals surface area contributed by atoms with Crippen molar-refractivity contribution in [3.05, 3.63) is 66.4 Å². The largest absolute Gasteiger partial charge is 0.341 e. The molecule has 1 unspecified atom stereocenters. The number of aryl methyl sites for hydroxylation is 1. The van der Waals surface area contributed by atoms with E-state index < -0.39 is 0 Å². The predicted molar refractivity (Wildman–Crippen MR) is 103 cm³/mol. The number of aromatic nitrogens is 4. The van der Waals surface area contributed by atoms with Crippen LogP contribution in [0, 0.1) is 12.8 Å². The molecule has 0 aliphatic carbocycles. The van der Waals surface area contributed by atoms with Crippen LogP contribution in [0.1, 0.15) is 24.0 Å². The second-order valence-electron chi connectivity index (χ2n) is 6.96. The van der Waals surface area contributed by atoms with Crippen LogP contribution >= 0.6 is 0 Å². The van der Waals surface area contributed by atoms with Gasteiger partial charge in [-0.15, -0.1) is 0 Å². The molecule has 26 heavy (non-hydrogen) atoms. The Labute approximate surface area is 154 Å². The number of hydrogen-bond donors (Lipinski definition) is 0. The quantitative estimate of drug-likeness (QED) is 0.722. The van der Waals surface area contributed by atoms with Gasteiger partial charge in [-0.1, -0.05) is 6.07 Å². The van der Waals surface area contributed by atoms with E-state index in [0.29, 0.717) is 5.92 Å². The summed E-state index contributed by atoms with van der Waals surface area (Å²) >= 11 is 0. The molecule has 4 rings (SSSR count). The Balaban J connectivity index is 1.53. The van der Waals surface area contributed by atoms with Gasteiger partial charge < -0.3 is 4.90 Å². The minimum absolute atomic E-state index is 0.611. The molecule has 1 atom stereocenters. The summed E-state index contributed by atoms with van der Waals surface area (Å²) in [6, 6.07) is 8.17. The first-order valence-electron chi connectivity index (χ1n) is 9.17. The topological polar surface area (TPSA) is 54.8 Å². The second kappa shape index (κ2) is 7.60. The minimum Gasteiger partial charge on any atom is -0.341 e. The third-order valence-electron chi connectivity index (χ3n) is 4.94. The molecule has 4 heterocycles. The van der Waals surface area contributed by atoms with E-state index in [1.165, 1.54) is 18.4 Å². The van der Waals surface area contributed by atoms with Gasteiger partial charge in [-0.05, 0) is 61.4 Å². The van der Waals surface area contributed by atoms with Gasteiger partial charge in [0, 0.05) is 49.6 Å². The Morgan fingerprint density at radius 2 is 1.92 bits per heavy atom. The highest BCUT2D eigenvalue weighted by Gasteiger charge is 2.22. The van der Waals surface area contributed by atoms with Crippen molar-refractivity contribution in [3.63, 3.8) is 0 Å². The molecule has 0 spiro atoms. The molecule has 0 radical (unpaired) electrons. The number of anilines is 1. The van der Waals surface area contributed by atoms with E-state index in [9.17, 15) is 0 Å². The van der Waals surface area contributed by atoms with Gasteiger partial charge in [0.25, 0.3) is 0 Å². The molecule has 3 aromatic heterocycles. The van der Waals surface area contributed by atoms with E-state index >= 15 is 0 Å². The smallest absolute Gasteiger partial charge is 0.225 e. The Kier molecular flexibility index (Phi) is 4.86. The van der Waals surface area contributed by atoms with Crippen molar-refractivity contribution in [2.45, 2.75) is 26.2 Å². The Morgan fingerprint density at radius 3 is 2.69 bits per heavy atom. The van der Waals surface area contributed by atoms with E-state index in [4.69, 9.17) is 4.98 Å². The van der Waals surface area contributed by atoms with Crippen molar-refractivity contribution in [2.75, 3.05) is 18.0 Å². The highest BCUT2D eigenvalue weighted by atomic mass is 15.3. The van der Waals surface area contributed by atoms with Crippen LogP contribution in [0.3, 0.4) is 0 Å². The van der Waals surface area contributed by atoms with Crippen LogP contribution in [-0.2, 0) is 6.42 Å². The maximum absolute atomic E-state index is 4.87. The summed E-state index contributed by atoms with van der Waals surface area (Å²) < 4.78 is 0. The summed E-state index contributed by atoms with van der Waals surface area (Å²) in [6.07, 6.45) is 12.9. The minimum atomic E-state index is 0.611. The predicted octanol–water partition coefficient (Wildman–Crippen LogP) is 3.70. The second-order valence-corrected chi connectivity index (χ2v) is 6.96. The van der Waals surface area contributed by atoms with Gasteiger partial charge in [0.15, 0.2) is 0 Å². The SMILES string of the molecule is Cc1cnc(N2CCCC(Cc3cccnc3)C2)nc1-c1cccnc1. The lowest BCUT2D eigenvalue weighted by molar-refractivity contribution is 0.409. The zero-order valence-electron chi connectivity index (χ0n) is 15.0. The Bertz CT molecular complexity index is 851. The van der Waals surface area contributed by atoms with Gasteiger partial charge in [0.2, 0.25) is 5.95 Å². The molecular weight excluding hydrogens is 322 g/mol. The molecule has 0 N–H and O–H groups in total. The fourth-order valence-electron chi connectivity index (χ4n) is 3.65. The van der Waals surface area contributed by atoms with Crippen molar-refractivity contribution < 1.29 is 0 Å². The van der Waals surface area contributed by atoms with Gasteiger partial charge in [-0.2, -0.15) is 0 Å². The zero-order chi connectivity index (χ0) is 17.8. The molecular formula is C21H23N5. The summed E-state index contributed by atoms with van der Waals surface area (Å²) in [5.74, 6) is 1.44. The average Bonchev–Trinajstić information content (AvgIpc) is 2.70. The van der Waals surface area contributed by atoms with E-state index in [1.54, 1.807) is 6.20 Å². The zero-order valence-corrected chi connectivity index (χ0v) is 15.0. The molecule has 0 aromatic carbocycles. The number of hydrogen-bond acceptors (Lipinski definition) is 5. The van der Waals surface area contributed by atoms with E-state index in [1.807, 2.05) is 49.9 Å². The Hall–Kier alpha value is -2.82. The molecule has 5 nitrogen and oxygen atoms in total. The van der Waals surface area contributed by atoms with Crippen LogP contribution in [-0.4, -0.2) is 33.0 Å². The molecule has 1 aliphatic rings. The summed E-state index contributed by atoms with van der Waals surface area (Å²) in [6.45, 7) is 4.05. The highest BCUT2D eigenvalue weighted by Crippen LogP contribution is 2.26. The van der Waals surface area contributed by atoms with Crippen molar-refractivity contribution in [3.8, 4) is 11.3 Å². The van der Waals surface area contributed by atoms with Crippen molar-refractivity contribution in [2.24, 2.45) is 5.92 Å². The normalized spacial score (nSPS) is 17.3. The van der Waals surface area contributed by atoms with Gasteiger partial charge in [0.1, 0.15) is 0 Å². The van der Waals surface area contributed by atoms with Gasteiger partial charge >= 0.3 is 0 Å². The number of piperidine rings is 1. The molecule has 1 saturated heterocycles. The van der Waals surface area contributed by atoms with Gasteiger partial charge in [-0.3, -0.25) is 9.97 Å². The average molecular weight is 345 g/mol. The first kappa shape index (κ1) is 16.6. The summed E-state index contributed by atoms with van der Waals surface area (Å²) in [7, 11) is 0. The van der Waals surface area contributed by atoms with Crippen molar-refractivity contribution in [1.29, 1.82) is 0 Å². The number of nitrogens with zero attached hydrogens (tertiary/aromatic N) is 5. The monoisotopic (exact) mass is 345 g/mol. The summed E-state index contributed by atoms with van der Waals surface area (Å²) in [4.78, 5) is 20.3. The molecule has 1 fully saturated rings. The third kappa shape index (κ3) is 3.72. The fraction of sp³-hybridized carbons (Fsp3) is 0.333. The maximum atomic E-state index is 4.87. The van der Waals surface area contributed by atoms with E-state index in [-0.39, 0.29) is 0 Å². The highest BCUT2D eigenvalue weighted by molar-refractivity contribution is 5.62. The van der Waals surface area contributed by atoms with Crippen LogP contribution in [0.15, 0.2) is 55.2 Å². The van der Waals surface area contributed by atoms with Crippen molar-refractivity contribution >= 4 is 5.95 Å². The first-order chi connectivity index (χ1) is 12.8. The molecule has 0 amide bonds.